The molecule has 118 valence electrons. The van der Waals surface area contributed by atoms with Gasteiger partial charge in [-0.2, -0.15) is 0 Å². The highest BCUT2D eigenvalue weighted by atomic mass is 35.5. The lowest BCUT2D eigenvalue weighted by Crippen LogP contribution is -2.25. The lowest BCUT2D eigenvalue weighted by molar-refractivity contribution is 0.206. The van der Waals surface area contributed by atoms with Gasteiger partial charge in [-0.3, -0.25) is 0 Å². The first-order chi connectivity index (χ1) is 10.1. The maximum atomic E-state index is 6.83. The van der Waals surface area contributed by atoms with Crippen molar-refractivity contribution in [2.75, 3.05) is 13.2 Å². The van der Waals surface area contributed by atoms with E-state index in [2.05, 4.69) is 19.1 Å². The molecule has 1 aromatic carbocycles. The van der Waals surface area contributed by atoms with Gasteiger partial charge in [-0.15, -0.1) is 11.6 Å². The highest BCUT2D eigenvalue weighted by Gasteiger charge is 2.35. The number of halogens is 1. The largest absolute Gasteiger partial charge is 0.490 e. The van der Waals surface area contributed by atoms with Crippen LogP contribution in [-0.2, 0) is 0 Å². The molecule has 3 heteroatoms. The van der Waals surface area contributed by atoms with Gasteiger partial charge in [0.1, 0.15) is 0 Å². The number of alkyl halides is 1. The van der Waals surface area contributed by atoms with Crippen LogP contribution in [-0.4, -0.2) is 13.2 Å². The van der Waals surface area contributed by atoms with Crippen LogP contribution in [0, 0.1) is 5.41 Å². The molecule has 0 bridgehead atoms. The highest BCUT2D eigenvalue weighted by Crippen LogP contribution is 2.50. The Morgan fingerprint density at radius 2 is 1.67 bits per heavy atom. The quantitative estimate of drug-likeness (QED) is 0.624. The molecule has 0 N–H and O–H groups in total. The molecule has 1 saturated carbocycles. The van der Waals surface area contributed by atoms with Crippen LogP contribution in [0.5, 0.6) is 11.5 Å². The Kier molecular flexibility index (Phi) is 5.80. The van der Waals surface area contributed by atoms with Crippen LogP contribution in [0.2, 0.25) is 0 Å². The van der Waals surface area contributed by atoms with Gasteiger partial charge in [0, 0.05) is 0 Å². The first kappa shape index (κ1) is 16.5. The van der Waals surface area contributed by atoms with Crippen molar-refractivity contribution in [2.45, 2.75) is 58.3 Å². The Morgan fingerprint density at radius 1 is 1.05 bits per heavy atom. The third kappa shape index (κ3) is 3.85. The van der Waals surface area contributed by atoms with Crippen molar-refractivity contribution >= 4 is 11.6 Å². The smallest absolute Gasteiger partial charge is 0.161 e. The molecule has 0 saturated heterocycles. The second-order valence-electron chi connectivity index (χ2n) is 6.15. The van der Waals surface area contributed by atoms with Crippen LogP contribution in [0.1, 0.15) is 63.8 Å². The number of hydrogen-bond acceptors (Lipinski definition) is 2. The normalized spacial score (nSPS) is 19.0. The zero-order valence-corrected chi connectivity index (χ0v) is 14.2. The molecule has 1 unspecified atom stereocenters. The van der Waals surface area contributed by atoms with Crippen LogP contribution in [0.15, 0.2) is 18.2 Å². The fourth-order valence-electron chi connectivity index (χ4n) is 3.24. The predicted octanol–water partition coefficient (Wildman–Crippen LogP) is 5.73. The van der Waals surface area contributed by atoms with Gasteiger partial charge in [-0.05, 0) is 49.8 Å². The molecule has 1 aromatic rings. The van der Waals surface area contributed by atoms with Gasteiger partial charge in [0.15, 0.2) is 11.5 Å². The molecule has 21 heavy (non-hydrogen) atoms. The van der Waals surface area contributed by atoms with Gasteiger partial charge < -0.3 is 9.47 Å². The number of rotatable bonds is 6. The Labute approximate surface area is 133 Å². The molecular formula is C18H27ClO2. The standard InChI is InChI=1S/C18H27ClO2/c1-4-20-15-10-9-14(13-16(15)21-5-2)17(19)18(3)11-7-6-8-12-18/h9-10,13,17H,4-8,11-12H2,1-3H3. The van der Waals surface area contributed by atoms with E-state index < -0.39 is 0 Å². The lowest BCUT2D eigenvalue weighted by atomic mass is 9.71. The summed E-state index contributed by atoms with van der Waals surface area (Å²) < 4.78 is 11.3. The first-order valence-corrected chi connectivity index (χ1v) is 8.58. The van der Waals surface area contributed by atoms with E-state index in [4.69, 9.17) is 21.1 Å². The molecule has 0 amide bonds. The minimum atomic E-state index is 0.0349. The third-order valence-electron chi connectivity index (χ3n) is 4.47. The summed E-state index contributed by atoms with van der Waals surface area (Å²) in [7, 11) is 0. The Hall–Kier alpha value is -0.890. The topological polar surface area (TPSA) is 18.5 Å². The Morgan fingerprint density at radius 3 is 2.29 bits per heavy atom. The average Bonchev–Trinajstić information content (AvgIpc) is 2.49. The van der Waals surface area contributed by atoms with Gasteiger partial charge in [0.05, 0.1) is 18.6 Å². The number of ether oxygens (including phenoxy) is 2. The van der Waals surface area contributed by atoms with E-state index in [1.54, 1.807) is 0 Å². The molecule has 2 rings (SSSR count). The Balaban J connectivity index is 2.24. The number of hydrogen-bond donors (Lipinski definition) is 0. The van der Waals surface area contributed by atoms with Crippen LogP contribution in [0.3, 0.4) is 0 Å². The summed E-state index contributed by atoms with van der Waals surface area (Å²) in [5.41, 5.74) is 1.34. The van der Waals surface area contributed by atoms with Crippen molar-refractivity contribution in [1.82, 2.24) is 0 Å². The van der Waals surface area contributed by atoms with E-state index in [0.29, 0.717) is 13.2 Å². The van der Waals surface area contributed by atoms with Crippen LogP contribution in [0.25, 0.3) is 0 Å². The summed E-state index contributed by atoms with van der Waals surface area (Å²) in [5, 5.41) is 0.0349. The predicted molar refractivity (Wildman–Crippen MR) is 88.6 cm³/mol. The summed E-state index contributed by atoms with van der Waals surface area (Å²) in [6, 6.07) is 6.14. The zero-order valence-electron chi connectivity index (χ0n) is 13.5. The van der Waals surface area contributed by atoms with Crippen molar-refractivity contribution < 1.29 is 9.47 Å². The van der Waals surface area contributed by atoms with E-state index >= 15 is 0 Å². The van der Waals surface area contributed by atoms with Crippen molar-refractivity contribution in [3.05, 3.63) is 23.8 Å². The first-order valence-electron chi connectivity index (χ1n) is 8.14. The minimum absolute atomic E-state index is 0.0349. The molecule has 0 radical (unpaired) electrons. The van der Waals surface area contributed by atoms with Gasteiger partial charge >= 0.3 is 0 Å². The number of benzene rings is 1. The van der Waals surface area contributed by atoms with Crippen LogP contribution in [0.4, 0.5) is 0 Å². The van der Waals surface area contributed by atoms with Crippen molar-refractivity contribution in [2.24, 2.45) is 5.41 Å². The summed E-state index contributed by atoms with van der Waals surface area (Å²) in [6.07, 6.45) is 6.33. The fraction of sp³-hybridized carbons (Fsp3) is 0.667. The van der Waals surface area contributed by atoms with E-state index in [1.165, 1.54) is 32.1 Å². The van der Waals surface area contributed by atoms with E-state index in [9.17, 15) is 0 Å². The summed E-state index contributed by atoms with van der Waals surface area (Å²) in [4.78, 5) is 0. The molecule has 0 aromatic heterocycles. The molecule has 0 spiro atoms. The van der Waals surface area contributed by atoms with Crippen molar-refractivity contribution in [3.63, 3.8) is 0 Å². The summed E-state index contributed by atoms with van der Waals surface area (Å²) in [5.74, 6) is 1.61. The summed E-state index contributed by atoms with van der Waals surface area (Å²) >= 11 is 6.83. The zero-order chi connectivity index (χ0) is 15.3. The van der Waals surface area contributed by atoms with Crippen molar-refractivity contribution in [3.8, 4) is 11.5 Å². The van der Waals surface area contributed by atoms with Crippen LogP contribution < -0.4 is 9.47 Å². The SMILES string of the molecule is CCOc1ccc(C(Cl)C2(C)CCCCC2)cc1OCC. The van der Waals surface area contributed by atoms with E-state index in [1.807, 2.05) is 19.9 Å². The maximum absolute atomic E-state index is 6.83. The maximum Gasteiger partial charge on any atom is 0.161 e. The van der Waals surface area contributed by atoms with Gasteiger partial charge in [-0.1, -0.05) is 32.3 Å². The van der Waals surface area contributed by atoms with E-state index in [0.717, 1.165) is 17.1 Å². The second-order valence-corrected chi connectivity index (χ2v) is 6.59. The highest BCUT2D eigenvalue weighted by molar-refractivity contribution is 6.21. The molecule has 0 aliphatic heterocycles. The van der Waals surface area contributed by atoms with Gasteiger partial charge in [-0.25, -0.2) is 0 Å². The second kappa shape index (κ2) is 7.40. The third-order valence-corrected chi connectivity index (χ3v) is 5.25. The molecule has 1 fully saturated rings. The molecule has 1 aliphatic rings. The van der Waals surface area contributed by atoms with Gasteiger partial charge in [0.25, 0.3) is 0 Å². The average molecular weight is 311 g/mol. The van der Waals surface area contributed by atoms with Crippen molar-refractivity contribution in [1.29, 1.82) is 0 Å². The molecule has 0 heterocycles. The molecule has 2 nitrogen and oxygen atoms in total. The molecule has 1 aliphatic carbocycles. The monoisotopic (exact) mass is 310 g/mol. The lowest BCUT2D eigenvalue weighted by Gasteiger charge is -2.38. The molecular weight excluding hydrogens is 284 g/mol. The minimum Gasteiger partial charge on any atom is -0.490 e. The van der Waals surface area contributed by atoms with E-state index in [-0.39, 0.29) is 10.8 Å². The van der Waals surface area contributed by atoms with Gasteiger partial charge in [0.2, 0.25) is 0 Å². The Bertz CT molecular complexity index is 453. The summed E-state index contributed by atoms with van der Waals surface area (Å²) in [6.45, 7) is 7.57. The van der Waals surface area contributed by atoms with Crippen LogP contribution >= 0.6 is 11.6 Å². The molecule has 1 atom stereocenters. The fourth-order valence-corrected chi connectivity index (χ4v) is 3.59.